The number of hydroxylamine groups is 1. The van der Waals surface area contributed by atoms with Crippen molar-refractivity contribution < 1.29 is 10.0 Å². The summed E-state index contributed by atoms with van der Waals surface area (Å²) in [7, 11) is 0. The van der Waals surface area contributed by atoms with E-state index in [-0.39, 0.29) is 0 Å². The van der Waals surface area contributed by atoms with E-state index >= 15 is 0 Å². The van der Waals surface area contributed by atoms with Crippen molar-refractivity contribution in [2.75, 3.05) is 0 Å². The number of allylic oxidation sites excluding steroid dienone is 2. The van der Waals surface area contributed by atoms with Crippen LogP contribution in [0.5, 0.6) is 0 Å². The molecule has 14 heavy (non-hydrogen) atoms. The largest absolute Gasteiger partial charge is 0.288 e. The predicted octanol–water partition coefficient (Wildman–Crippen LogP) is 1.68. The van der Waals surface area contributed by atoms with Crippen LogP contribution in [0.4, 0.5) is 0 Å². The second-order valence-corrected chi connectivity index (χ2v) is 3.05. The van der Waals surface area contributed by atoms with Gasteiger partial charge in [-0.1, -0.05) is 19.9 Å². The molecule has 0 aliphatic carbocycles. The van der Waals surface area contributed by atoms with Gasteiger partial charge in [0.2, 0.25) is 0 Å². The zero-order valence-corrected chi connectivity index (χ0v) is 8.69. The van der Waals surface area contributed by atoms with Gasteiger partial charge < -0.3 is 0 Å². The molecule has 0 spiro atoms. The Balaban J connectivity index is 4.32. The van der Waals surface area contributed by atoms with Gasteiger partial charge in [0.25, 0.3) is 5.91 Å². The molecule has 0 radical (unpaired) electrons. The standard InChI is InChI=1S/C10H16N2O2/c1-4-9(11-7-8(2)3)5-6-10(13)12-14/h4-8,14H,1-3H3,(H,12,13). The number of hydrogen-bond donors (Lipinski definition) is 2. The molecule has 78 valence electrons. The van der Waals surface area contributed by atoms with Gasteiger partial charge in [-0.25, -0.2) is 5.48 Å². The Labute approximate surface area is 84.0 Å². The van der Waals surface area contributed by atoms with Crippen molar-refractivity contribution in [1.29, 1.82) is 0 Å². The average Bonchev–Trinajstić information content (AvgIpc) is 2.17. The van der Waals surface area contributed by atoms with Crippen molar-refractivity contribution in [3.63, 3.8) is 0 Å². The average molecular weight is 196 g/mol. The maximum atomic E-state index is 10.6. The van der Waals surface area contributed by atoms with Gasteiger partial charge in [0.05, 0.1) is 5.70 Å². The zero-order chi connectivity index (χ0) is 11.0. The van der Waals surface area contributed by atoms with E-state index in [0.29, 0.717) is 11.6 Å². The van der Waals surface area contributed by atoms with Crippen LogP contribution in [0.2, 0.25) is 0 Å². The number of aliphatic imine (C=N–C) groups is 1. The van der Waals surface area contributed by atoms with Gasteiger partial charge >= 0.3 is 0 Å². The molecular formula is C10H16N2O2. The summed E-state index contributed by atoms with van der Waals surface area (Å²) in [5, 5.41) is 8.23. The third kappa shape index (κ3) is 6.14. The van der Waals surface area contributed by atoms with Gasteiger partial charge in [-0.15, -0.1) is 0 Å². The predicted molar refractivity (Wildman–Crippen MR) is 56.2 cm³/mol. The smallest absolute Gasteiger partial charge is 0.267 e. The highest BCUT2D eigenvalue weighted by Gasteiger charge is 1.91. The fourth-order valence-electron chi connectivity index (χ4n) is 0.647. The molecule has 0 aliphatic heterocycles. The third-order valence-corrected chi connectivity index (χ3v) is 1.33. The molecule has 0 rings (SSSR count). The Bertz CT molecular complexity index is 265. The van der Waals surface area contributed by atoms with Crippen LogP contribution in [0.3, 0.4) is 0 Å². The first-order valence-electron chi connectivity index (χ1n) is 4.42. The Morgan fingerprint density at radius 1 is 1.43 bits per heavy atom. The van der Waals surface area contributed by atoms with Gasteiger partial charge in [-0.3, -0.25) is 15.0 Å². The highest BCUT2D eigenvalue weighted by molar-refractivity contribution is 5.86. The lowest BCUT2D eigenvalue weighted by Crippen LogP contribution is -2.14. The number of hydrogen-bond acceptors (Lipinski definition) is 3. The van der Waals surface area contributed by atoms with Crippen LogP contribution in [0.1, 0.15) is 20.8 Å². The molecule has 2 N–H and O–H groups in total. The highest BCUT2D eigenvalue weighted by atomic mass is 16.5. The van der Waals surface area contributed by atoms with E-state index in [4.69, 9.17) is 5.21 Å². The molecule has 0 aromatic heterocycles. The van der Waals surface area contributed by atoms with E-state index in [1.165, 1.54) is 17.6 Å². The number of rotatable bonds is 4. The summed E-state index contributed by atoms with van der Waals surface area (Å²) in [6, 6.07) is 0. The van der Waals surface area contributed by atoms with Gasteiger partial charge in [-0.2, -0.15) is 0 Å². The van der Waals surface area contributed by atoms with E-state index in [2.05, 4.69) is 4.99 Å². The van der Waals surface area contributed by atoms with Crippen molar-refractivity contribution in [1.82, 2.24) is 5.48 Å². The first-order chi connectivity index (χ1) is 6.60. The molecule has 0 saturated carbocycles. The van der Waals surface area contributed by atoms with Crippen molar-refractivity contribution in [2.45, 2.75) is 20.8 Å². The number of amides is 1. The van der Waals surface area contributed by atoms with Crippen molar-refractivity contribution in [3.05, 3.63) is 23.9 Å². The molecule has 0 bridgehead atoms. The Kier molecular flexibility index (Phi) is 6.32. The fraction of sp³-hybridized carbons (Fsp3) is 0.400. The maximum Gasteiger partial charge on any atom is 0.267 e. The second-order valence-electron chi connectivity index (χ2n) is 3.05. The van der Waals surface area contributed by atoms with E-state index < -0.39 is 5.91 Å². The lowest BCUT2D eigenvalue weighted by atomic mass is 10.2. The topological polar surface area (TPSA) is 61.7 Å². The van der Waals surface area contributed by atoms with Crippen LogP contribution in [0.15, 0.2) is 28.9 Å². The van der Waals surface area contributed by atoms with Crippen LogP contribution >= 0.6 is 0 Å². The summed E-state index contributed by atoms with van der Waals surface area (Å²) in [4.78, 5) is 14.8. The van der Waals surface area contributed by atoms with Crippen LogP contribution in [0.25, 0.3) is 0 Å². The molecule has 0 heterocycles. The number of nitrogens with one attached hydrogen (secondary N) is 1. The lowest BCUT2D eigenvalue weighted by Gasteiger charge is -1.95. The minimum Gasteiger partial charge on any atom is -0.288 e. The van der Waals surface area contributed by atoms with Crippen LogP contribution in [-0.4, -0.2) is 17.3 Å². The monoisotopic (exact) mass is 196 g/mol. The summed E-state index contributed by atoms with van der Waals surface area (Å²) < 4.78 is 0. The Hall–Kier alpha value is -1.42. The molecule has 0 fully saturated rings. The van der Waals surface area contributed by atoms with Crippen LogP contribution in [0, 0.1) is 5.92 Å². The molecule has 0 saturated heterocycles. The Morgan fingerprint density at radius 3 is 2.50 bits per heavy atom. The Morgan fingerprint density at radius 2 is 2.07 bits per heavy atom. The van der Waals surface area contributed by atoms with E-state index in [1.54, 1.807) is 12.3 Å². The number of nitrogens with zero attached hydrogens (tertiary/aromatic N) is 1. The minimum atomic E-state index is -0.566. The van der Waals surface area contributed by atoms with E-state index in [0.717, 1.165) is 0 Å². The maximum absolute atomic E-state index is 10.6. The lowest BCUT2D eigenvalue weighted by molar-refractivity contribution is -0.124. The molecular weight excluding hydrogens is 180 g/mol. The molecule has 1 amide bonds. The number of carbonyl (C=O) groups excluding carboxylic acids is 1. The summed E-state index contributed by atoms with van der Waals surface area (Å²) >= 11 is 0. The SMILES string of the molecule is CC=C(C=CC(=O)NO)N=CC(C)C. The first kappa shape index (κ1) is 12.6. The van der Waals surface area contributed by atoms with E-state index in [9.17, 15) is 4.79 Å². The van der Waals surface area contributed by atoms with Crippen molar-refractivity contribution in [2.24, 2.45) is 10.9 Å². The fourth-order valence-corrected chi connectivity index (χ4v) is 0.647. The normalized spacial score (nSPS) is 13.1. The first-order valence-corrected chi connectivity index (χ1v) is 4.42. The molecule has 0 aliphatic rings. The summed E-state index contributed by atoms with van der Waals surface area (Å²) in [6.45, 7) is 5.86. The molecule has 0 aromatic rings. The van der Waals surface area contributed by atoms with Gasteiger partial charge in [0, 0.05) is 12.3 Å². The third-order valence-electron chi connectivity index (χ3n) is 1.33. The zero-order valence-electron chi connectivity index (χ0n) is 8.69. The summed E-state index contributed by atoms with van der Waals surface area (Å²) in [6.07, 6.45) is 6.31. The quantitative estimate of drug-likeness (QED) is 0.236. The highest BCUT2D eigenvalue weighted by Crippen LogP contribution is 1.99. The summed E-state index contributed by atoms with van der Waals surface area (Å²) in [5.41, 5.74) is 2.19. The molecule has 0 atom stereocenters. The molecule has 0 unspecified atom stereocenters. The van der Waals surface area contributed by atoms with E-state index in [1.807, 2.05) is 20.8 Å². The van der Waals surface area contributed by atoms with Crippen LogP contribution in [-0.2, 0) is 4.79 Å². The van der Waals surface area contributed by atoms with Crippen molar-refractivity contribution in [3.8, 4) is 0 Å². The van der Waals surface area contributed by atoms with Crippen LogP contribution < -0.4 is 5.48 Å². The van der Waals surface area contributed by atoms with Gasteiger partial charge in [-0.05, 0) is 18.9 Å². The molecule has 4 nitrogen and oxygen atoms in total. The van der Waals surface area contributed by atoms with Gasteiger partial charge in [0.1, 0.15) is 0 Å². The molecule has 0 aromatic carbocycles. The molecule has 4 heteroatoms. The second kappa shape index (κ2) is 7.03. The summed E-state index contributed by atoms with van der Waals surface area (Å²) in [5.74, 6) is -0.200. The van der Waals surface area contributed by atoms with Gasteiger partial charge in [0.15, 0.2) is 0 Å². The van der Waals surface area contributed by atoms with Crippen molar-refractivity contribution >= 4 is 12.1 Å². The number of carbonyl (C=O) groups is 1. The minimum absolute atomic E-state index is 0.366.